The van der Waals surface area contributed by atoms with Crippen molar-refractivity contribution in [2.24, 2.45) is 0 Å². The van der Waals surface area contributed by atoms with Crippen LogP contribution in [0.4, 0.5) is 5.82 Å². The first kappa shape index (κ1) is 11.4. The van der Waals surface area contributed by atoms with Gasteiger partial charge in [0.05, 0.1) is 5.56 Å². The van der Waals surface area contributed by atoms with Gasteiger partial charge in [0.1, 0.15) is 11.9 Å². The van der Waals surface area contributed by atoms with Gasteiger partial charge in [0, 0.05) is 17.8 Å². The second-order valence-corrected chi connectivity index (χ2v) is 3.96. The zero-order valence-corrected chi connectivity index (χ0v) is 9.78. The number of halogens is 1. The van der Waals surface area contributed by atoms with Gasteiger partial charge in [-0.25, -0.2) is 4.98 Å². The van der Waals surface area contributed by atoms with Crippen LogP contribution in [0.3, 0.4) is 0 Å². The normalized spacial score (nSPS) is 9.65. The predicted octanol–water partition coefficient (Wildman–Crippen LogP) is 3.22. The van der Waals surface area contributed by atoms with Crippen molar-refractivity contribution in [3.63, 3.8) is 0 Å². The van der Waals surface area contributed by atoms with Crippen molar-refractivity contribution < 1.29 is 0 Å². The van der Waals surface area contributed by atoms with Crippen molar-refractivity contribution in [1.29, 1.82) is 5.26 Å². The lowest BCUT2D eigenvalue weighted by Gasteiger charge is -2.05. The second-order valence-electron chi connectivity index (χ2n) is 3.53. The van der Waals surface area contributed by atoms with Crippen LogP contribution in [-0.2, 0) is 6.54 Å². The lowest BCUT2D eigenvalue weighted by atomic mass is 10.2. The molecule has 0 saturated heterocycles. The molecule has 0 radical (unpaired) electrons. The van der Waals surface area contributed by atoms with Crippen molar-refractivity contribution >= 4 is 17.4 Å². The Balaban J connectivity index is 2.00. The third-order valence-corrected chi connectivity index (χ3v) is 2.49. The van der Waals surface area contributed by atoms with Crippen molar-refractivity contribution in [3.05, 3.63) is 58.7 Å². The van der Waals surface area contributed by atoms with E-state index in [1.54, 1.807) is 18.3 Å². The molecule has 1 aromatic carbocycles. The summed E-state index contributed by atoms with van der Waals surface area (Å²) in [6.07, 6.45) is 1.54. The van der Waals surface area contributed by atoms with Crippen LogP contribution in [-0.4, -0.2) is 4.98 Å². The van der Waals surface area contributed by atoms with Gasteiger partial charge in [-0.3, -0.25) is 0 Å². The molecule has 0 unspecified atom stereocenters. The molecule has 0 bridgehead atoms. The van der Waals surface area contributed by atoms with E-state index in [0.717, 1.165) is 16.4 Å². The minimum absolute atomic E-state index is 0.554. The first-order chi connectivity index (χ1) is 8.28. The highest BCUT2D eigenvalue weighted by atomic mass is 35.5. The number of aromatic nitrogens is 1. The number of nitrogens with one attached hydrogen (secondary N) is 1. The van der Waals surface area contributed by atoms with Crippen molar-refractivity contribution in [2.75, 3.05) is 5.32 Å². The molecule has 1 aromatic heterocycles. The number of hydrogen-bond acceptors (Lipinski definition) is 3. The molecule has 0 saturated carbocycles. The Morgan fingerprint density at radius 3 is 2.82 bits per heavy atom. The van der Waals surface area contributed by atoms with Crippen LogP contribution < -0.4 is 5.32 Å². The lowest BCUT2D eigenvalue weighted by Crippen LogP contribution is -2.01. The van der Waals surface area contributed by atoms with Gasteiger partial charge in [0.15, 0.2) is 0 Å². The molecule has 84 valence electrons. The van der Waals surface area contributed by atoms with Crippen LogP contribution in [0.15, 0.2) is 42.6 Å². The third kappa shape index (κ3) is 3.20. The van der Waals surface area contributed by atoms with E-state index in [1.165, 1.54) is 0 Å². The number of pyridine rings is 1. The highest BCUT2D eigenvalue weighted by molar-refractivity contribution is 6.30. The monoisotopic (exact) mass is 243 g/mol. The summed E-state index contributed by atoms with van der Waals surface area (Å²) >= 11 is 5.89. The molecule has 0 aliphatic rings. The molecule has 2 aromatic rings. The van der Waals surface area contributed by atoms with Crippen molar-refractivity contribution in [1.82, 2.24) is 4.98 Å². The van der Waals surface area contributed by atoms with Gasteiger partial charge in [0.25, 0.3) is 0 Å². The molecule has 4 heteroatoms. The van der Waals surface area contributed by atoms with Crippen LogP contribution in [0.2, 0.25) is 5.02 Å². The largest absolute Gasteiger partial charge is 0.366 e. The number of nitriles is 1. The zero-order chi connectivity index (χ0) is 12.1. The SMILES string of the molecule is N#Cc1ccc(NCc2cccc(Cl)c2)nc1. The van der Waals surface area contributed by atoms with E-state index in [0.29, 0.717) is 12.1 Å². The molecule has 1 N–H and O–H groups in total. The van der Waals surface area contributed by atoms with Gasteiger partial charge in [-0.2, -0.15) is 5.26 Å². The topological polar surface area (TPSA) is 48.7 Å². The van der Waals surface area contributed by atoms with Gasteiger partial charge in [0.2, 0.25) is 0 Å². The third-order valence-electron chi connectivity index (χ3n) is 2.26. The second kappa shape index (κ2) is 5.33. The summed E-state index contributed by atoms with van der Waals surface area (Å²) in [4.78, 5) is 4.12. The molecular weight excluding hydrogens is 234 g/mol. The maximum Gasteiger partial charge on any atom is 0.126 e. The van der Waals surface area contributed by atoms with Gasteiger partial charge in [-0.15, -0.1) is 0 Å². The quantitative estimate of drug-likeness (QED) is 0.901. The lowest BCUT2D eigenvalue weighted by molar-refractivity contribution is 1.11. The summed E-state index contributed by atoms with van der Waals surface area (Å²) < 4.78 is 0. The van der Waals surface area contributed by atoms with Crippen LogP contribution in [0.25, 0.3) is 0 Å². The van der Waals surface area contributed by atoms with Gasteiger partial charge < -0.3 is 5.32 Å². The maximum absolute atomic E-state index is 8.64. The highest BCUT2D eigenvalue weighted by Crippen LogP contribution is 2.12. The van der Waals surface area contributed by atoms with Gasteiger partial charge in [-0.05, 0) is 29.8 Å². The van der Waals surface area contributed by atoms with E-state index in [2.05, 4.69) is 10.3 Å². The van der Waals surface area contributed by atoms with E-state index in [1.807, 2.05) is 30.3 Å². The zero-order valence-electron chi connectivity index (χ0n) is 9.02. The fourth-order valence-corrected chi connectivity index (χ4v) is 1.62. The van der Waals surface area contributed by atoms with Crippen LogP contribution in [0.5, 0.6) is 0 Å². The van der Waals surface area contributed by atoms with E-state index in [9.17, 15) is 0 Å². The maximum atomic E-state index is 8.64. The minimum atomic E-state index is 0.554. The smallest absolute Gasteiger partial charge is 0.126 e. The fraction of sp³-hybridized carbons (Fsp3) is 0.0769. The number of anilines is 1. The van der Waals surface area contributed by atoms with Crippen LogP contribution >= 0.6 is 11.6 Å². The fourth-order valence-electron chi connectivity index (χ4n) is 1.40. The number of hydrogen-bond donors (Lipinski definition) is 1. The van der Waals surface area contributed by atoms with Crippen molar-refractivity contribution in [2.45, 2.75) is 6.54 Å². The van der Waals surface area contributed by atoms with E-state index >= 15 is 0 Å². The summed E-state index contributed by atoms with van der Waals surface area (Å²) in [5, 5.41) is 12.5. The molecule has 0 aliphatic heterocycles. The first-order valence-corrected chi connectivity index (χ1v) is 5.50. The first-order valence-electron chi connectivity index (χ1n) is 5.12. The standard InChI is InChI=1S/C13H10ClN3/c14-12-3-1-2-10(6-12)8-16-13-5-4-11(7-15)9-17-13/h1-6,9H,8H2,(H,16,17). The van der Waals surface area contributed by atoms with Crippen LogP contribution in [0, 0.1) is 11.3 Å². The van der Waals surface area contributed by atoms with Crippen molar-refractivity contribution in [3.8, 4) is 6.07 Å². The molecule has 3 nitrogen and oxygen atoms in total. The molecule has 0 fully saturated rings. The molecular formula is C13H10ClN3. The number of rotatable bonds is 3. The van der Waals surface area contributed by atoms with E-state index in [-0.39, 0.29) is 0 Å². The van der Waals surface area contributed by atoms with E-state index in [4.69, 9.17) is 16.9 Å². The Labute approximate surface area is 105 Å². The molecule has 17 heavy (non-hydrogen) atoms. The molecule has 0 aliphatic carbocycles. The summed E-state index contributed by atoms with van der Waals surface area (Å²) in [7, 11) is 0. The van der Waals surface area contributed by atoms with Crippen LogP contribution in [0.1, 0.15) is 11.1 Å². The summed E-state index contributed by atoms with van der Waals surface area (Å²) in [6, 6.07) is 13.2. The number of nitrogens with zero attached hydrogens (tertiary/aromatic N) is 2. The molecule has 0 spiro atoms. The molecule has 0 atom stereocenters. The van der Waals surface area contributed by atoms with E-state index < -0.39 is 0 Å². The van der Waals surface area contributed by atoms with Gasteiger partial charge >= 0.3 is 0 Å². The number of benzene rings is 1. The molecule has 0 amide bonds. The molecule has 2 rings (SSSR count). The average molecular weight is 244 g/mol. The molecule has 1 heterocycles. The average Bonchev–Trinajstić information content (AvgIpc) is 2.37. The summed E-state index contributed by atoms with van der Waals surface area (Å²) in [5.41, 5.74) is 1.64. The summed E-state index contributed by atoms with van der Waals surface area (Å²) in [5.74, 6) is 0.740. The highest BCUT2D eigenvalue weighted by Gasteiger charge is 1.96. The Morgan fingerprint density at radius 1 is 1.29 bits per heavy atom. The Kier molecular flexibility index (Phi) is 3.59. The van der Waals surface area contributed by atoms with Gasteiger partial charge in [-0.1, -0.05) is 23.7 Å². The minimum Gasteiger partial charge on any atom is -0.366 e. The Bertz CT molecular complexity index is 543. The Hall–Kier alpha value is -2.05. The predicted molar refractivity (Wildman–Crippen MR) is 67.7 cm³/mol. The summed E-state index contributed by atoms with van der Waals surface area (Å²) in [6.45, 7) is 0.652. The Morgan fingerprint density at radius 2 is 2.18 bits per heavy atom.